The van der Waals surface area contributed by atoms with Crippen molar-refractivity contribution in [3.63, 3.8) is 0 Å². The lowest BCUT2D eigenvalue weighted by Crippen LogP contribution is -2.54. The number of carbonyl (C=O) groups is 1. The zero-order valence-corrected chi connectivity index (χ0v) is 7.93. The van der Waals surface area contributed by atoms with Crippen LogP contribution < -0.4 is 0 Å². The van der Waals surface area contributed by atoms with Gasteiger partial charge in [-0.2, -0.15) is 0 Å². The number of morpholine rings is 1. The Morgan fingerprint density at radius 2 is 2.50 bits per heavy atom. The molecule has 14 heavy (non-hydrogen) atoms. The highest BCUT2D eigenvalue weighted by Gasteiger charge is 2.31. The second kappa shape index (κ2) is 5.09. The van der Waals surface area contributed by atoms with Crippen molar-refractivity contribution < 1.29 is 19.7 Å². The van der Waals surface area contributed by atoms with Gasteiger partial charge in [0.25, 0.3) is 0 Å². The standard InChI is InChI=1S/C9H15NO4/c1-2-9(13)10-3-4-14-6-7(10)8(12)5-11/h2,7-8,11-12H,1,3-6H2/t7-,8+/m1/s1. The second-order valence-corrected chi connectivity index (χ2v) is 3.13. The molecular weight excluding hydrogens is 186 g/mol. The first-order chi connectivity index (χ1) is 6.70. The molecule has 5 heteroatoms. The Bertz CT molecular complexity index is 219. The summed E-state index contributed by atoms with van der Waals surface area (Å²) in [4.78, 5) is 12.8. The third-order valence-corrected chi connectivity index (χ3v) is 2.25. The number of rotatable bonds is 3. The number of hydrogen-bond acceptors (Lipinski definition) is 4. The maximum atomic E-state index is 11.4. The van der Waals surface area contributed by atoms with E-state index in [1.807, 2.05) is 0 Å². The largest absolute Gasteiger partial charge is 0.394 e. The molecule has 1 saturated heterocycles. The highest BCUT2D eigenvalue weighted by Crippen LogP contribution is 2.11. The maximum absolute atomic E-state index is 11.4. The summed E-state index contributed by atoms with van der Waals surface area (Å²) in [7, 11) is 0. The fourth-order valence-corrected chi connectivity index (χ4v) is 1.45. The topological polar surface area (TPSA) is 70.0 Å². The number of carbonyl (C=O) groups excluding carboxylic acids is 1. The smallest absolute Gasteiger partial charge is 0.246 e. The highest BCUT2D eigenvalue weighted by molar-refractivity contribution is 5.87. The van der Waals surface area contributed by atoms with Crippen molar-refractivity contribution in [1.29, 1.82) is 0 Å². The maximum Gasteiger partial charge on any atom is 0.246 e. The molecule has 1 aliphatic rings. The van der Waals surface area contributed by atoms with Gasteiger partial charge in [-0.05, 0) is 6.08 Å². The van der Waals surface area contributed by atoms with Gasteiger partial charge in [0.15, 0.2) is 0 Å². The van der Waals surface area contributed by atoms with E-state index in [1.54, 1.807) is 0 Å². The van der Waals surface area contributed by atoms with E-state index >= 15 is 0 Å². The Hall–Kier alpha value is -0.910. The summed E-state index contributed by atoms with van der Waals surface area (Å²) in [6.45, 7) is 4.13. The van der Waals surface area contributed by atoms with Crippen LogP contribution in [0.2, 0.25) is 0 Å². The van der Waals surface area contributed by atoms with Crippen LogP contribution in [0.5, 0.6) is 0 Å². The predicted molar refractivity (Wildman–Crippen MR) is 49.6 cm³/mol. The van der Waals surface area contributed by atoms with Gasteiger partial charge in [-0.3, -0.25) is 4.79 Å². The van der Waals surface area contributed by atoms with Gasteiger partial charge >= 0.3 is 0 Å². The van der Waals surface area contributed by atoms with Crippen LogP contribution in [0.1, 0.15) is 0 Å². The van der Waals surface area contributed by atoms with Crippen LogP contribution in [-0.2, 0) is 9.53 Å². The third kappa shape index (κ3) is 2.31. The van der Waals surface area contributed by atoms with E-state index in [9.17, 15) is 9.90 Å². The van der Waals surface area contributed by atoms with Crippen molar-refractivity contribution in [2.75, 3.05) is 26.4 Å². The first kappa shape index (κ1) is 11.2. The van der Waals surface area contributed by atoms with Gasteiger partial charge in [-0.25, -0.2) is 0 Å². The van der Waals surface area contributed by atoms with E-state index in [-0.39, 0.29) is 19.1 Å². The van der Waals surface area contributed by atoms with E-state index in [1.165, 1.54) is 11.0 Å². The molecule has 0 aromatic heterocycles. The molecule has 1 aliphatic heterocycles. The fourth-order valence-electron chi connectivity index (χ4n) is 1.45. The number of aliphatic hydroxyl groups is 2. The molecule has 0 aromatic carbocycles. The number of ether oxygens (including phenoxy) is 1. The molecule has 0 saturated carbocycles. The van der Waals surface area contributed by atoms with Gasteiger partial charge in [0, 0.05) is 6.54 Å². The van der Waals surface area contributed by atoms with Gasteiger partial charge in [0.2, 0.25) is 5.91 Å². The summed E-state index contributed by atoms with van der Waals surface area (Å²) in [5.74, 6) is -0.245. The van der Waals surface area contributed by atoms with Crippen molar-refractivity contribution in [1.82, 2.24) is 4.90 Å². The predicted octanol–water partition coefficient (Wildman–Crippen LogP) is -1.25. The molecule has 2 atom stereocenters. The van der Waals surface area contributed by atoms with Crippen LogP contribution in [0.15, 0.2) is 12.7 Å². The second-order valence-electron chi connectivity index (χ2n) is 3.13. The quantitative estimate of drug-likeness (QED) is 0.560. The lowest BCUT2D eigenvalue weighted by molar-refractivity contribution is -0.141. The number of aliphatic hydroxyl groups excluding tert-OH is 2. The van der Waals surface area contributed by atoms with Crippen molar-refractivity contribution >= 4 is 5.91 Å². The van der Waals surface area contributed by atoms with Crippen molar-refractivity contribution in [2.24, 2.45) is 0 Å². The molecule has 80 valence electrons. The lowest BCUT2D eigenvalue weighted by Gasteiger charge is -2.37. The van der Waals surface area contributed by atoms with E-state index < -0.39 is 12.1 Å². The highest BCUT2D eigenvalue weighted by atomic mass is 16.5. The Kier molecular flexibility index (Phi) is 4.06. The summed E-state index contributed by atoms with van der Waals surface area (Å²) >= 11 is 0. The van der Waals surface area contributed by atoms with Gasteiger partial charge < -0.3 is 19.8 Å². The third-order valence-electron chi connectivity index (χ3n) is 2.25. The van der Waals surface area contributed by atoms with Crippen LogP contribution in [-0.4, -0.2) is 59.5 Å². The Balaban J connectivity index is 2.67. The average Bonchev–Trinajstić information content (AvgIpc) is 2.27. The van der Waals surface area contributed by atoms with Crippen LogP contribution >= 0.6 is 0 Å². The minimum absolute atomic E-state index is 0.245. The summed E-state index contributed by atoms with van der Waals surface area (Å²) < 4.78 is 5.13. The van der Waals surface area contributed by atoms with Gasteiger partial charge in [-0.1, -0.05) is 6.58 Å². The van der Waals surface area contributed by atoms with Crippen molar-refractivity contribution in [3.8, 4) is 0 Å². The molecule has 1 heterocycles. The summed E-state index contributed by atoms with van der Waals surface area (Å²) in [5, 5.41) is 18.2. The van der Waals surface area contributed by atoms with E-state index in [0.717, 1.165) is 0 Å². The molecule has 1 rings (SSSR count). The molecule has 1 amide bonds. The lowest BCUT2D eigenvalue weighted by atomic mass is 10.1. The Morgan fingerprint density at radius 1 is 1.79 bits per heavy atom. The monoisotopic (exact) mass is 201 g/mol. The van der Waals surface area contributed by atoms with Crippen LogP contribution in [0, 0.1) is 0 Å². The van der Waals surface area contributed by atoms with Crippen molar-refractivity contribution in [2.45, 2.75) is 12.1 Å². The van der Waals surface area contributed by atoms with E-state index in [0.29, 0.717) is 13.2 Å². The number of amides is 1. The average molecular weight is 201 g/mol. The Labute approximate surface area is 82.6 Å². The normalized spacial score (nSPS) is 24.4. The van der Waals surface area contributed by atoms with E-state index in [2.05, 4.69) is 6.58 Å². The zero-order valence-electron chi connectivity index (χ0n) is 7.93. The summed E-state index contributed by atoms with van der Waals surface area (Å²) in [6.07, 6.45) is 0.238. The fraction of sp³-hybridized carbons (Fsp3) is 0.667. The molecule has 0 spiro atoms. The molecular formula is C9H15NO4. The first-order valence-electron chi connectivity index (χ1n) is 4.50. The van der Waals surface area contributed by atoms with Gasteiger partial charge in [0.05, 0.1) is 32.0 Å². The first-order valence-corrected chi connectivity index (χ1v) is 4.50. The molecule has 5 nitrogen and oxygen atoms in total. The van der Waals surface area contributed by atoms with Gasteiger partial charge in [-0.15, -0.1) is 0 Å². The minimum Gasteiger partial charge on any atom is -0.394 e. The zero-order chi connectivity index (χ0) is 10.6. The summed E-state index contributed by atoms with van der Waals surface area (Å²) in [6, 6.07) is -0.473. The van der Waals surface area contributed by atoms with Crippen LogP contribution in [0.3, 0.4) is 0 Å². The molecule has 0 unspecified atom stereocenters. The minimum atomic E-state index is -0.959. The molecule has 0 radical (unpaired) electrons. The Morgan fingerprint density at radius 3 is 3.07 bits per heavy atom. The van der Waals surface area contributed by atoms with E-state index in [4.69, 9.17) is 9.84 Å². The molecule has 0 aliphatic carbocycles. The number of hydrogen-bond donors (Lipinski definition) is 2. The summed E-state index contributed by atoms with van der Waals surface area (Å²) in [5.41, 5.74) is 0. The SMILES string of the molecule is C=CC(=O)N1CCOC[C@@H]1[C@@H](O)CO. The molecule has 2 N–H and O–H groups in total. The van der Waals surface area contributed by atoms with Crippen molar-refractivity contribution in [3.05, 3.63) is 12.7 Å². The molecule has 0 aromatic rings. The van der Waals surface area contributed by atoms with Crippen LogP contribution in [0.4, 0.5) is 0 Å². The number of nitrogens with zero attached hydrogens (tertiary/aromatic N) is 1. The molecule has 1 fully saturated rings. The van der Waals surface area contributed by atoms with Crippen LogP contribution in [0.25, 0.3) is 0 Å². The molecule has 0 bridgehead atoms. The van der Waals surface area contributed by atoms with Gasteiger partial charge in [0.1, 0.15) is 0 Å².